The second-order valence-corrected chi connectivity index (χ2v) is 6.81. The van der Waals surface area contributed by atoms with E-state index in [0.29, 0.717) is 17.6 Å². The molecule has 21 heavy (non-hydrogen) atoms. The van der Waals surface area contributed by atoms with E-state index in [1.54, 1.807) is 0 Å². The third kappa shape index (κ3) is 2.94. The van der Waals surface area contributed by atoms with Crippen LogP contribution in [-0.2, 0) is 0 Å². The van der Waals surface area contributed by atoms with Gasteiger partial charge in [0.25, 0.3) is 5.91 Å². The first-order chi connectivity index (χ1) is 10.2. The van der Waals surface area contributed by atoms with Crippen molar-refractivity contribution < 1.29 is 4.79 Å². The van der Waals surface area contributed by atoms with E-state index < -0.39 is 0 Å². The number of rotatable bonds is 3. The minimum absolute atomic E-state index is 0.360. The van der Waals surface area contributed by atoms with Crippen molar-refractivity contribution in [3.05, 3.63) is 28.2 Å². The number of amides is 1. The number of piperidine rings is 1. The molecule has 0 aliphatic carbocycles. The van der Waals surface area contributed by atoms with Gasteiger partial charge in [0.1, 0.15) is 0 Å². The summed E-state index contributed by atoms with van der Waals surface area (Å²) in [5.74, 6) is -0.360. The molecular weight excluding hydrogens is 330 g/mol. The monoisotopic (exact) mass is 351 g/mol. The Morgan fingerprint density at radius 2 is 2.14 bits per heavy atom. The van der Waals surface area contributed by atoms with E-state index in [-0.39, 0.29) is 5.91 Å². The first-order valence-electron chi connectivity index (χ1n) is 7.77. The Morgan fingerprint density at radius 3 is 2.86 bits per heavy atom. The number of nitrogens with one attached hydrogen (secondary N) is 1. The molecule has 0 bridgehead atoms. The molecule has 4 nitrogen and oxygen atoms in total. The molecule has 114 valence electrons. The van der Waals surface area contributed by atoms with E-state index >= 15 is 0 Å². The van der Waals surface area contributed by atoms with Crippen LogP contribution in [0.1, 0.15) is 42.5 Å². The topological polar surface area (TPSA) is 58.4 Å². The molecule has 0 radical (unpaired) electrons. The average Bonchev–Trinajstić information content (AvgIpc) is 3.00. The molecule has 2 unspecified atom stereocenters. The lowest BCUT2D eigenvalue weighted by Crippen LogP contribution is -2.51. The Morgan fingerprint density at radius 1 is 1.29 bits per heavy atom. The van der Waals surface area contributed by atoms with Crippen molar-refractivity contribution in [1.82, 2.24) is 5.32 Å². The second kappa shape index (κ2) is 6.36. The van der Waals surface area contributed by atoms with Crippen molar-refractivity contribution in [3.8, 4) is 0 Å². The maximum atomic E-state index is 11.9. The highest BCUT2D eigenvalue weighted by molar-refractivity contribution is 9.10. The van der Waals surface area contributed by atoms with Crippen LogP contribution in [0.2, 0.25) is 0 Å². The molecule has 2 saturated heterocycles. The highest BCUT2D eigenvalue weighted by atomic mass is 79.9. The maximum Gasteiger partial charge on any atom is 0.251 e. The van der Waals surface area contributed by atoms with Crippen molar-refractivity contribution in [3.63, 3.8) is 0 Å². The van der Waals surface area contributed by atoms with Gasteiger partial charge in [0, 0.05) is 23.1 Å². The summed E-state index contributed by atoms with van der Waals surface area (Å²) in [6, 6.07) is 6.90. The molecule has 5 heteroatoms. The fourth-order valence-corrected chi connectivity index (χ4v) is 4.26. The van der Waals surface area contributed by atoms with Crippen LogP contribution in [0.25, 0.3) is 0 Å². The molecule has 1 amide bonds. The lowest BCUT2D eigenvalue weighted by molar-refractivity contribution is 0.1000. The number of halogens is 1. The fourth-order valence-electron chi connectivity index (χ4n) is 3.71. The van der Waals surface area contributed by atoms with Gasteiger partial charge in [0.15, 0.2) is 0 Å². The zero-order valence-electron chi connectivity index (χ0n) is 12.1. The summed E-state index contributed by atoms with van der Waals surface area (Å²) in [5, 5.41) is 3.62. The van der Waals surface area contributed by atoms with Crippen LogP contribution >= 0.6 is 15.9 Å². The summed E-state index contributed by atoms with van der Waals surface area (Å²) < 4.78 is 0.788. The SMILES string of the molecule is NC(=O)c1c(Br)cccc1N1CCCCC1C1CCCN1. The molecule has 2 heterocycles. The van der Waals surface area contributed by atoms with Crippen LogP contribution < -0.4 is 16.0 Å². The number of nitrogens with two attached hydrogens (primary N) is 1. The van der Waals surface area contributed by atoms with Crippen molar-refractivity contribution >= 4 is 27.5 Å². The number of hydrogen-bond acceptors (Lipinski definition) is 3. The van der Waals surface area contributed by atoms with Gasteiger partial charge in [-0.15, -0.1) is 0 Å². The number of benzene rings is 1. The Labute approximate surface area is 134 Å². The number of carbonyl (C=O) groups is 1. The highest BCUT2D eigenvalue weighted by Crippen LogP contribution is 2.34. The van der Waals surface area contributed by atoms with E-state index in [0.717, 1.165) is 23.2 Å². The molecule has 3 N–H and O–H groups in total. The zero-order valence-corrected chi connectivity index (χ0v) is 13.7. The maximum absolute atomic E-state index is 11.9. The molecule has 0 spiro atoms. The van der Waals surface area contributed by atoms with Gasteiger partial charge in [-0.2, -0.15) is 0 Å². The van der Waals surface area contributed by atoms with E-state index in [1.807, 2.05) is 18.2 Å². The predicted molar refractivity (Wildman–Crippen MR) is 88.7 cm³/mol. The molecular formula is C16H22BrN3O. The average molecular weight is 352 g/mol. The van der Waals surface area contributed by atoms with Gasteiger partial charge < -0.3 is 16.0 Å². The van der Waals surface area contributed by atoms with Crippen molar-refractivity contribution in [2.45, 2.75) is 44.2 Å². The summed E-state index contributed by atoms with van der Waals surface area (Å²) in [5.41, 5.74) is 7.20. The van der Waals surface area contributed by atoms with Gasteiger partial charge >= 0.3 is 0 Å². The Bertz CT molecular complexity index is 528. The van der Waals surface area contributed by atoms with Crippen LogP contribution in [-0.4, -0.2) is 31.1 Å². The highest BCUT2D eigenvalue weighted by Gasteiger charge is 2.33. The van der Waals surface area contributed by atoms with Crippen molar-refractivity contribution in [1.29, 1.82) is 0 Å². The summed E-state index contributed by atoms with van der Waals surface area (Å²) in [6.07, 6.45) is 6.09. The van der Waals surface area contributed by atoms with Crippen LogP contribution in [0.5, 0.6) is 0 Å². The number of primary amides is 1. The number of nitrogens with zero attached hydrogens (tertiary/aromatic N) is 1. The van der Waals surface area contributed by atoms with E-state index in [1.165, 1.54) is 32.1 Å². The van der Waals surface area contributed by atoms with Gasteiger partial charge in [0.05, 0.1) is 11.3 Å². The van der Waals surface area contributed by atoms with Crippen LogP contribution in [0.15, 0.2) is 22.7 Å². The third-order valence-electron chi connectivity index (χ3n) is 4.66. The lowest BCUT2D eigenvalue weighted by atomic mass is 9.93. The number of carbonyl (C=O) groups excluding carboxylic acids is 1. The van der Waals surface area contributed by atoms with E-state index in [4.69, 9.17) is 5.73 Å². The molecule has 0 aromatic heterocycles. The lowest BCUT2D eigenvalue weighted by Gasteiger charge is -2.41. The van der Waals surface area contributed by atoms with Gasteiger partial charge in [-0.1, -0.05) is 6.07 Å². The summed E-state index contributed by atoms with van der Waals surface area (Å²) in [7, 11) is 0. The molecule has 1 aromatic carbocycles. The minimum Gasteiger partial charge on any atom is -0.366 e. The van der Waals surface area contributed by atoms with Crippen LogP contribution in [0.4, 0.5) is 5.69 Å². The quantitative estimate of drug-likeness (QED) is 0.879. The zero-order chi connectivity index (χ0) is 14.8. The van der Waals surface area contributed by atoms with Gasteiger partial charge in [-0.25, -0.2) is 0 Å². The summed E-state index contributed by atoms with van der Waals surface area (Å²) >= 11 is 3.47. The Hall–Kier alpha value is -1.07. The largest absolute Gasteiger partial charge is 0.366 e. The normalized spacial score (nSPS) is 26.0. The second-order valence-electron chi connectivity index (χ2n) is 5.96. The fraction of sp³-hybridized carbons (Fsp3) is 0.562. The minimum atomic E-state index is -0.360. The first kappa shape index (κ1) is 14.9. The molecule has 2 atom stereocenters. The Balaban J connectivity index is 1.96. The van der Waals surface area contributed by atoms with E-state index in [2.05, 4.69) is 26.1 Å². The van der Waals surface area contributed by atoms with E-state index in [9.17, 15) is 4.79 Å². The predicted octanol–water partition coefficient (Wildman–Crippen LogP) is 2.66. The molecule has 2 aliphatic rings. The third-order valence-corrected chi connectivity index (χ3v) is 5.32. The summed E-state index contributed by atoms with van der Waals surface area (Å²) in [4.78, 5) is 14.3. The van der Waals surface area contributed by atoms with Gasteiger partial charge in [-0.05, 0) is 66.7 Å². The smallest absolute Gasteiger partial charge is 0.251 e. The first-order valence-corrected chi connectivity index (χ1v) is 8.56. The molecule has 0 saturated carbocycles. The summed E-state index contributed by atoms with van der Waals surface area (Å²) in [6.45, 7) is 2.11. The van der Waals surface area contributed by atoms with Crippen LogP contribution in [0, 0.1) is 0 Å². The standard InChI is InChI=1S/C16H22BrN3O/c17-11-5-3-8-14(15(11)16(18)21)20-10-2-1-7-13(20)12-6-4-9-19-12/h3,5,8,12-13,19H,1-2,4,6-7,9-10H2,(H2,18,21). The molecule has 2 fully saturated rings. The number of hydrogen-bond donors (Lipinski definition) is 2. The van der Waals surface area contributed by atoms with Gasteiger partial charge in [-0.3, -0.25) is 4.79 Å². The van der Waals surface area contributed by atoms with Gasteiger partial charge in [0.2, 0.25) is 0 Å². The molecule has 1 aromatic rings. The van der Waals surface area contributed by atoms with Crippen molar-refractivity contribution in [2.75, 3.05) is 18.0 Å². The molecule has 2 aliphatic heterocycles. The van der Waals surface area contributed by atoms with Crippen molar-refractivity contribution in [2.24, 2.45) is 5.73 Å². The van der Waals surface area contributed by atoms with Crippen LogP contribution in [0.3, 0.4) is 0 Å². The Kier molecular flexibility index (Phi) is 4.50. The number of anilines is 1. The molecule has 3 rings (SSSR count).